The highest BCUT2D eigenvalue weighted by atomic mass is 19.4. The molecule has 2 heterocycles. The Hall–Kier alpha value is -2.41. The lowest BCUT2D eigenvalue weighted by Crippen LogP contribution is -2.38. The summed E-state index contributed by atoms with van der Waals surface area (Å²) in [5.74, 6) is -0.397. The lowest BCUT2D eigenvalue weighted by molar-refractivity contribution is -0.137. The number of piperidine rings is 1. The van der Waals surface area contributed by atoms with Gasteiger partial charge in [-0.25, -0.2) is 0 Å². The van der Waals surface area contributed by atoms with Crippen molar-refractivity contribution in [3.05, 3.63) is 65.5 Å². The maximum absolute atomic E-state index is 13.0. The van der Waals surface area contributed by atoms with Gasteiger partial charge >= 0.3 is 6.18 Å². The maximum Gasteiger partial charge on any atom is 0.417 e. The summed E-state index contributed by atoms with van der Waals surface area (Å²) in [6.45, 7) is 2.95. The van der Waals surface area contributed by atoms with Crippen molar-refractivity contribution in [2.24, 2.45) is 5.92 Å². The first kappa shape index (κ1) is 19.4. The molecule has 1 fully saturated rings. The van der Waals surface area contributed by atoms with Gasteiger partial charge in [0, 0.05) is 19.3 Å². The average Bonchev–Trinajstić information content (AvgIpc) is 2.67. The van der Waals surface area contributed by atoms with E-state index >= 15 is 0 Å². The molecule has 0 saturated carbocycles. The number of nitrogens with zero attached hydrogens (tertiary/aromatic N) is 2. The predicted octanol–water partition coefficient (Wildman–Crippen LogP) is 3.74. The second kappa shape index (κ2) is 8.52. The van der Waals surface area contributed by atoms with E-state index in [1.54, 1.807) is 6.20 Å². The molecule has 0 unspecified atom stereocenters. The number of amides is 1. The minimum Gasteiger partial charge on any atom is -0.352 e. The Morgan fingerprint density at radius 3 is 2.48 bits per heavy atom. The Balaban J connectivity index is 1.49. The first-order chi connectivity index (χ1) is 12.9. The van der Waals surface area contributed by atoms with Gasteiger partial charge in [0.05, 0.1) is 16.8 Å². The van der Waals surface area contributed by atoms with E-state index in [9.17, 15) is 18.0 Å². The van der Waals surface area contributed by atoms with Crippen molar-refractivity contribution in [1.29, 1.82) is 0 Å². The number of likely N-dealkylation sites (tertiary alicyclic amines) is 1. The summed E-state index contributed by atoms with van der Waals surface area (Å²) < 4.78 is 39.1. The van der Waals surface area contributed by atoms with Gasteiger partial charge < -0.3 is 5.32 Å². The number of carbonyl (C=O) groups excluding carboxylic acids is 1. The summed E-state index contributed by atoms with van der Waals surface area (Å²) in [7, 11) is 0. The monoisotopic (exact) mass is 377 g/mol. The summed E-state index contributed by atoms with van der Waals surface area (Å²) in [5, 5.41) is 2.68. The van der Waals surface area contributed by atoms with Crippen LogP contribution in [0.3, 0.4) is 0 Å². The van der Waals surface area contributed by atoms with Crippen LogP contribution in [0, 0.1) is 5.92 Å². The summed E-state index contributed by atoms with van der Waals surface area (Å²) in [4.78, 5) is 18.9. The zero-order valence-corrected chi connectivity index (χ0v) is 14.9. The number of benzene rings is 1. The Labute approximate surface area is 156 Å². The molecule has 1 saturated heterocycles. The van der Waals surface area contributed by atoms with Gasteiger partial charge in [-0.1, -0.05) is 18.2 Å². The van der Waals surface area contributed by atoms with Gasteiger partial charge in [-0.15, -0.1) is 0 Å². The van der Waals surface area contributed by atoms with E-state index < -0.39 is 17.6 Å². The van der Waals surface area contributed by atoms with Crippen molar-refractivity contribution in [3.63, 3.8) is 0 Å². The highest BCUT2D eigenvalue weighted by Crippen LogP contribution is 2.31. The second-order valence-corrected chi connectivity index (χ2v) is 6.79. The highest BCUT2D eigenvalue weighted by Gasteiger charge is 2.34. The van der Waals surface area contributed by atoms with Crippen LogP contribution in [-0.2, 0) is 12.7 Å². The van der Waals surface area contributed by atoms with Gasteiger partial charge in [0.15, 0.2) is 0 Å². The molecule has 1 aromatic heterocycles. The van der Waals surface area contributed by atoms with Crippen LogP contribution in [0.2, 0.25) is 0 Å². The third-order valence-corrected chi connectivity index (χ3v) is 4.85. The van der Waals surface area contributed by atoms with Crippen LogP contribution in [-0.4, -0.2) is 35.4 Å². The number of carbonyl (C=O) groups is 1. The number of nitrogens with one attached hydrogen (secondary N) is 1. The molecule has 1 aromatic carbocycles. The van der Waals surface area contributed by atoms with Crippen LogP contribution >= 0.6 is 0 Å². The molecule has 27 heavy (non-hydrogen) atoms. The number of hydrogen-bond acceptors (Lipinski definition) is 3. The topological polar surface area (TPSA) is 45.2 Å². The van der Waals surface area contributed by atoms with Gasteiger partial charge in [-0.2, -0.15) is 13.2 Å². The summed E-state index contributed by atoms with van der Waals surface area (Å²) >= 11 is 0. The molecule has 0 bridgehead atoms. The minimum absolute atomic E-state index is 0.270. The van der Waals surface area contributed by atoms with Crippen LogP contribution in [0.5, 0.6) is 0 Å². The molecule has 1 aliphatic rings. The SMILES string of the molecule is O=C(NCC1CCN(Cc2ccccn2)CC1)c1ccccc1C(F)(F)F. The summed E-state index contributed by atoms with van der Waals surface area (Å²) in [6.07, 6.45) is -0.969. The summed E-state index contributed by atoms with van der Waals surface area (Å²) in [5.41, 5.74) is -0.196. The van der Waals surface area contributed by atoms with E-state index in [1.165, 1.54) is 18.2 Å². The molecule has 7 heteroatoms. The Kier molecular flexibility index (Phi) is 6.11. The van der Waals surface area contributed by atoms with Crippen molar-refractivity contribution in [2.75, 3.05) is 19.6 Å². The zero-order chi connectivity index (χ0) is 19.3. The third-order valence-electron chi connectivity index (χ3n) is 4.85. The standard InChI is InChI=1S/C20H22F3N3O/c21-20(22,23)18-7-2-1-6-17(18)19(27)25-13-15-8-11-26(12-9-15)14-16-5-3-4-10-24-16/h1-7,10,15H,8-9,11-14H2,(H,25,27). The molecule has 0 radical (unpaired) electrons. The van der Waals surface area contributed by atoms with E-state index in [0.717, 1.165) is 44.2 Å². The van der Waals surface area contributed by atoms with Crippen molar-refractivity contribution < 1.29 is 18.0 Å². The molecule has 1 amide bonds. The van der Waals surface area contributed by atoms with E-state index in [0.29, 0.717) is 6.54 Å². The minimum atomic E-state index is -4.54. The third kappa shape index (κ3) is 5.29. The molecule has 0 atom stereocenters. The number of halogens is 3. The second-order valence-electron chi connectivity index (χ2n) is 6.79. The quantitative estimate of drug-likeness (QED) is 0.863. The van der Waals surface area contributed by atoms with Gasteiger partial charge in [0.1, 0.15) is 0 Å². The van der Waals surface area contributed by atoms with Crippen molar-refractivity contribution >= 4 is 5.91 Å². The van der Waals surface area contributed by atoms with Crippen LogP contribution in [0.15, 0.2) is 48.7 Å². The van der Waals surface area contributed by atoms with Gasteiger partial charge in [-0.05, 0) is 56.1 Å². The first-order valence-corrected chi connectivity index (χ1v) is 9.00. The zero-order valence-electron chi connectivity index (χ0n) is 14.9. The Morgan fingerprint density at radius 1 is 1.11 bits per heavy atom. The van der Waals surface area contributed by atoms with Crippen LogP contribution in [0.1, 0.15) is 34.5 Å². The van der Waals surface area contributed by atoms with Gasteiger partial charge in [-0.3, -0.25) is 14.7 Å². The largest absolute Gasteiger partial charge is 0.417 e. The molecule has 144 valence electrons. The molecule has 0 aliphatic carbocycles. The molecular weight excluding hydrogens is 355 g/mol. The van der Waals surface area contributed by atoms with E-state index in [1.807, 2.05) is 18.2 Å². The number of hydrogen-bond donors (Lipinski definition) is 1. The fourth-order valence-corrected chi connectivity index (χ4v) is 3.33. The van der Waals surface area contributed by atoms with Gasteiger partial charge in [0.25, 0.3) is 5.91 Å². The molecule has 4 nitrogen and oxygen atoms in total. The predicted molar refractivity (Wildman–Crippen MR) is 96.0 cm³/mol. The molecule has 0 spiro atoms. The molecule has 2 aromatic rings. The van der Waals surface area contributed by atoms with Crippen LogP contribution in [0.25, 0.3) is 0 Å². The van der Waals surface area contributed by atoms with Gasteiger partial charge in [0.2, 0.25) is 0 Å². The number of alkyl halides is 3. The van der Waals surface area contributed by atoms with Crippen molar-refractivity contribution in [2.45, 2.75) is 25.6 Å². The van der Waals surface area contributed by atoms with Crippen LogP contribution < -0.4 is 5.32 Å². The lowest BCUT2D eigenvalue weighted by atomic mass is 9.96. The fraction of sp³-hybridized carbons (Fsp3) is 0.400. The van der Waals surface area contributed by atoms with E-state index in [-0.39, 0.29) is 11.5 Å². The first-order valence-electron chi connectivity index (χ1n) is 9.00. The number of aromatic nitrogens is 1. The molecule has 3 rings (SSSR count). The molecular formula is C20H22F3N3O. The number of pyridine rings is 1. The Morgan fingerprint density at radius 2 is 1.81 bits per heavy atom. The number of rotatable bonds is 5. The lowest BCUT2D eigenvalue weighted by Gasteiger charge is -2.31. The normalized spacial score (nSPS) is 16.3. The fourth-order valence-electron chi connectivity index (χ4n) is 3.33. The van der Waals surface area contributed by atoms with E-state index in [2.05, 4.69) is 15.2 Å². The average molecular weight is 377 g/mol. The van der Waals surface area contributed by atoms with E-state index in [4.69, 9.17) is 0 Å². The van der Waals surface area contributed by atoms with Crippen molar-refractivity contribution in [1.82, 2.24) is 15.2 Å². The smallest absolute Gasteiger partial charge is 0.352 e. The molecule has 1 N–H and O–H groups in total. The van der Waals surface area contributed by atoms with Crippen LogP contribution in [0.4, 0.5) is 13.2 Å². The summed E-state index contributed by atoms with van der Waals surface area (Å²) in [6, 6.07) is 10.7. The Bertz CT molecular complexity index is 757. The highest BCUT2D eigenvalue weighted by molar-refractivity contribution is 5.95. The maximum atomic E-state index is 13.0. The van der Waals surface area contributed by atoms with Crippen molar-refractivity contribution in [3.8, 4) is 0 Å². The molecule has 1 aliphatic heterocycles.